The summed E-state index contributed by atoms with van der Waals surface area (Å²) in [5.74, 6) is -1.92. The zero-order chi connectivity index (χ0) is 18.3. The van der Waals surface area contributed by atoms with Crippen molar-refractivity contribution in [2.45, 2.75) is 33.2 Å². The van der Waals surface area contributed by atoms with Gasteiger partial charge in [-0.3, -0.25) is 9.59 Å². The minimum atomic E-state index is -1.10. The second-order valence-electron chi connectivity index (χ2n) is 5.78. The van der Waals surface area contributed by atoms with Crippen LogP contribution in [-0.4, -0.2) is 47.6 Å². The summed E-state index contributed by atoms with van der Waals surface area (Å²) in [6.45, 7) is 5.15. The van der Waals surface area contributed by atoms with Gasteiger partial charge in [0.1, 0.15) is 11.6 Å². The number of aryl methyl sites for hydroxylation is 1. The number of carboxylic acids is 1. The number of ether oxygens (including phenoxy) is 1. The smallest absolute Gasteiger partial charge is 0.326 e. The largest absolute Gasteiger partial charge is 0.480 e. The third-order valence-corrected chi connectivity index (χ3v) is 3.19. The molecule has 0 saturated heterocycles. The Labute approximate surface area is 140 Å². The molecule has 1 heterocycles. The lowest BCUT2D eigenvalue weighted by molar-refractivity contribution is -0.142. The highest BCUT2D eigenvalue weighted by molar-refractivity contribution is 5.98. The molecule has 0 unspecified atom stereocenters. The Kier molecular flexibility index (Phi) is 7.16. The number of pyridine rings is 1. The lowest BCUT2D eigenvalue weighted by Crippen LogP contribution is -2.46. The Morgan fingerprint density at radius 3 is 2.50 bits per heavy atom. The summed E-state index contributed by atoms with van der Waals surface area (Å²) in [6.07, 6.45) is 0.310. The van der Waals surface area contributed by atoms with Crippen LogP contribution >= 0.6 is 0 Å². The summed E-state index contributed by atoms with van der Waals surface area (Å²) in [5.41, 5.74) is 0.895. The maximum Gasteiger partial charge on any atom is 0.326 e. The molecule has 1 rings (SSSR count). The first-order chi connectivity index (χ1) is 11.2. The van der Waals surface area contributed by atoms with Crippen LogP contribution in [0.15, 0.2) is 12.1 Å². The van der Waals surface area contributed by atoms with Gasteiger partial charge in [-0.05, 0) is 31.4 Å². The van der Waals surface area contributed by atoms with Crippen molar-refractivity contribution in [3.05, 3.63) is 23.4 Å². The van der Waals surface area contributed by atoms with Crippen LogP contribution in [0.25, 0.3) is 0 Å². The maximum atomic E-state index is 12.1. The Morgan fingerprint density at radius 2 is 1.96 bits per heavy atom. The topological polar surface area (TPSA) is 118 Å². The minimum absolute atomic E-state index is 0.115. The lowest BCUT2D eigenvalue weighted by Gasteiger charge is -2.16. The number of methoxy groups -OCH3 is 1. The van der Waals surface area contributed by atoms with E-state index in [-0.39, 0.29) is 23.9 Å². The molecule has 24 heavy (non-hydrogen) atoms. The van der Waals surface area contributed by atoms with Crippen LogP contribution in [-0.2, 0) is 9.59 Å². The predicted octanol–water partition coefficient (Wildman–Crippen LogP) is 0.744. The molecule has 0 aliphatic rings. The number of rotatable bonds is 8. The van der Waals surface area contributed by atoms with Crippen molar-refractivity contribution in [2.75, 3.05) is 13.7 Å². The molecule has 0 spiro atoms. The summed E-state index contributed by atoms with van der Waals surface area (Å²) in [5, 5.41) is 13.9. The minimum Gasteiger partial charge on any atom is -0.480 e. The SMILES string of the molecule is COc1nc(C)ccc1C(=O)NCC(=O)N[C@@H](CC(C)C)C(=O)O. The fourth-order valence-corrected chi connectivity index (χ4v) is 2.06. The molecule has 1 aromatic heterocycles. The summed E-state index contributed by atoms with van der Waals surface area (Å²) >= 11 is 0. The van der Waals surface area contributed by atoms with Crippen LogP contribution in [0.2, 0.25) is 0 Å². The highest BCUT2D eigenvalue weighted by Crippen LogP contribution is 2.15. The molecule has 0 bridgehead atoms. The third kappa shape index (κ3) is 5.86. The van der Waals surface area contributed by atoms with E-state index in [9.17, 15) is 14.4 Å². The molecule has 8 nitrogen and oxygen atoms in total. The number of aromatic nitrogens is 1. The second kappa shape index (κ2) is 8.85. The van der Waals surface area contributed by atoms with Gasteiger partial charge in [-0.1, -0.05) is 13.8 Å². The first-order valence-corrected chi connectivity index (χ1v) is 7.56. The van der Waals surface area contributed by atoms with Gasteiger partial charge in [-0.25, -0.2) is 9.78 Å². The fourth-order valence-electron chi connectivity index (χ4n) is 2.06. The van der Waals surface area contributed by atoms with E-state index in [0.29, 0.717) is 12.1 Å². The first-order valence-electron chi connectivity index (χ1n) is 7.56. The molecule has 0 fully saturated rings. The Morgan fingerprint density at radius 1 is 1.29 bits per heavy atom. The molecule has 0 radical (unpaired) electrons. The molecule has 3 N–H and O–H groups in total. The number of nitrogens with zero attached hydrogens (tertiary/aromatic N) is 1. The van der Waals surface area contributed by atoms with E-state index in [1.807, 2.05) is 13.8 Å². The van der Waals surface area contributed by atoms with E-state index in [1.54, 1.807) is 19.1 Å². The molecule has 8 heteroatoms. The Balaban J connectivity index is 2.63. The van der Waals surface area contributed by atoms with Crippen LogP contribution in [0, 0.1) is 12.8 Å². The van der Waals surface area contributed by atoms with E-state index >= 15 is 0 Å². The zero-order valence-electron chi connectivity index (χ0n) is 14.3. The number of hydrogen-bond acceptors (Lipinski definition) is 5. The monoisotopic (exact) mass is 337 g/mol. The van der Waals surface area contributed by atoms with Crippen molar-refractivity contribution in [1.82, 2.24) is 15.6 Å². The molecule has 0 saturated carbocycles. The van der Waals surface area contributed by atoms with Gasteiger partial charge in [0, 0.05) is 5.69 Å². The van der Waals surface area contributed by atoms with Gasteiger partial charge in [-0.15, -0.1) is 0 Å². The van der Waals surface area contributed by atoms with E-state index in [2.05, 4.69) is 15.6 Å². The highest BCUT2D eigenvalue weighted by Gasteiger charge is 2.21. The number of nitrogens with one attached hydrogen (secondary N) is 2. The van der Waals surface area contributed by atoms with Gasteiger partial charge in [0.05, 0.1) is 13.7 Å². The molecule has 0 aliphatic carbocycles. The van der Waals surface area contributed by atoms with Crippen molar-refractivity contribution in [2.24, 2.45) is 5.92 Å². The van der Waals surface area contributed by atoms with Crippen LogP contribution < -0.4 is 15.4 Å². The summed E-state index contributed by atoms with van der Waals surface area (Å²) in [6, 6.07) is 2.22. The average molecular weight is 337 g/mol. The lowest BCUT2D eigenvalue weighted by atomic mass is 10.0. The highest BCUT2D eigenvalue weighted by atomic mass is 16.5. The van der Waals surface area contributed by atoms with Crippen molar-refractivity contribution < 1.29 is 24.2 Å². The van der Waals surface area contributed by atoms with Crippen molar-refractivity contribution >= 4 is 17.8 Å². The third-order valence-electron chi connectivity index (χ3n) is 3.19. The zero-order valence-corrected chi connectivity index (χ0v) is 14.3. The van der Waals surface area contributed by atoms with Crippen LogP contribution in [0.4, 0.5) is 0 Å². The number of aliphatic carboxylic acids is 1. The average Bonchev–Trinajstić information content (AvgIpc) is 2.51. The summed E-state index contributed by atoms with van der Waals surface area (Å²) < 4.78 is 5.04. The van der Waals surface area contributed by atoms with E-state index in [1.165, 1.54) is 7.11 Å². The van der Waals surface area contributed by atoms with Gasteiger partial charge in [0.15, 0.2) is 0 Å². The van der Waals surface area contributed by atoms with Gasteiger partial charge in [-0.2, -0.15) is 0 Å². The number of amides is 2. The molecule has 1 aromatic rings. The fraction of sp³-hybridized carbons (Fsp3) is 0.500. The van der Waals surface area contributed by atoms with Gasteiger partial charge in [0.2, 0.25) is 11.8 Å². The number of carboxylic acid groups (broad SMARTS) is 1. The van der Waals surface area contributed by atoms with Crippen LogP contribution in [0.3, 0.4) is 0 Å². The van der Waals surface area contributed by atoms with Gasteiger partial charge in [0.25, 0.3) is 5.91 Å². The number of carbonyl (C=O) groups is 3. The van der Waals surface area contributed by atoms with E-state index in [0.717, 1.165) is 0 Å². The van der Waals surface area contributed by atoms with Crippen LogP contribution in [0.1, 0.15) is 36.3 Å². The molecular formula is C16H23N3O5. The summed E-state index contributed by atoms with van der Waals surface area (Å²) in [7, 11) is 1.40. The predicted molar refractivity (Wildman–Crippen MR) is 86.9 cm³/mol. The first kappa shape index (κ1) is 19.4. The van der Waals surface area contributed by atoms with Crippen molar-refractivity contribution in [1.29, 1.82) is 0 Å². The maximum absolute atomic E-state index is 12.1. The number of hydrogen-bond donors (Lipinski definition) is 3. The Hall–Kier alpha value is -2.64. The standard InChI is InChI=1S/C16H23N3O5/c1-9(2)7-12(16(22)23)19-13(20)8-17-14(21)11-6-5-10(3)18-15(11)24-4/h5-6,9,12H,7-8H2,1-4H3,(H,17,21)(H,19,20)(H,22,23)/t12-/m0/s1. The summed E-state index contributed by atoms with van der Waals surface area (Å²) in [4.78, 5) is 39.2. The molecule has 2 amide bonds. The molecular weight excluding hydrogens is 314 g/mol. The quantitative estimate of drug-likeness (QED) is 0.644. The van der Waals surface area contributed by atoms with Gasteiger partial charge >= 0.3 is 5.97 Å². The van der Waals surface area contributed by atoms with Gasteiger partial charge < -0.3 is 20.5 Å². The molecule has 1 atom stereocenters. The van der Waals surface area contributed by atoms with E-state index < -0.39 is 23.8 Å². The molecule has 132 valence electrons. The Bertz CT molecular complexity index is 616. The number of carbonyl (C=O) groups excluding carboxylic acids is 2. The van der Waals surface area contributed by atoms with E-state index in [4.69, 9.17) is 9.84 Å². The molecule has 0 aromatic carbocycles. The normalized spacial score (nSPS) is 11.7. The second-order valence-corrected chi connectivity index (χ2v) is 5.78. The van der Waals surface area contributed by atoms with Crippen molar-refractivity contribution in [3.63, 3.8) is 0 Å². The van der Waals surface area contributed by atoms with Crippen molar-refractivity contribution in [3.8, 4) is 5.88 Å². The molecule has 0 aliphatic heterocycles. The van der Waals surface area contributed by atoms with Crippen LogP contribution in [0.5, 0.6) is 5.88 Å².